The highest BCUT2D eigenvalue weighted by Crippen LogP contribution is 2.22. The van der Waals surface area contributed by atoms with Gasteiger partial charge in [-0.2, -0.15) is 0 Å². The molecule has 1 rings (SSSR count). The first-order valence-electron chi connectivity index (χ1n) is 5.19. The zero-order chi connectivity index (χ0) is 8.97. The number of nitrogens with zero attached hydrogens (tertiary/aromatic N) is 1. The molecule has 0 aromatic carbocycles. The molecule has 0 aliphatic carbocycles. The zero-order valence-electron chi connectivity index (χ0n) is 8.64. The fourth-order valence-electron chi connectivity index (χ4n) is 1.91. The van der Waals surface area contributed by atoms with Crippen LogP contribution in [0.3, 0.4) is 0 Å². The van der Waals surface area contributed by atoms with E-state index < -0.39 is 0 Å². The van der Waals surface area contributed by atoms with Crippen LogP contribution in [0.5, 0.6) is 0 Å². The quantitative estimate of drug-likeness (QED) is 0.624. The van der Waals surface area contributed by atoms with E-state index in [-0.39, 0.29) is 0 Å². The van der Waals surface area contributed by atoms with Crippen molar-refractivity contribution in [1.82, 2.24) is 4.90 Å². The van der Waals surface area contributed by atoms with Crippen LogP contribution in [0.1, 0.15) is 40.0 Å². The summed E-state index contributed by atoms with van der Waals surface area (Å²) in [4.78, 5) is 2.53. The molecule has 0 spiro atoms. The van der Waals surface area contributed by atoms with E-state index in [0.29, 0.717) is 0 Å². The van der Waals surface area contributed by atoms with Crippen molar-refractivity contribution in [2.45, 2.75) is 40.0 Å². The lowest BCUT2D eigenvalue weighted by molar-refractivity contribution is 0.399. The minimum atomic E-state index is 0.949. The molecule has 0 aromatic rings. The van der Waals surface area contributed by atoms with E-state index in [1.54, 1.807) is 0 Å². The van der Waals surface area contributed by atoms with Gasteiger partial charge in [-0.1, -0.05) is 26.3 Å². The molecule has 70 valence electrons. The van der Waals surface area contributed by atoms with Crippen LogP contribution in [-0.2, 0) is 0 Å². The lowest BCUT2D eigenvalue weighted by Gasteiger charge is -2.18. The van der Waals surface area contributed by atoms with Gasteiger partial charge >= 0.3 is 0 Å². The summed E-state index contributed by atoms with van der Waals surface area (Å²) in [5.74, 6) is 0.949. The molecule has 0 N–H and O–H groups in total. The summed E-state index contributed by atoms with van der Waals surface area (Å²) >= 11 is 0. The van der Waals surface area contributed by atoms with Gasteiger partial charge in [-0.05, 0) is 25.7 Å². The maximum atomic E-state index is 2.53. The first kappa shape index (κ1) is 9.63. The Bertz CT molecular complexity index is 160. The van der Waals surface area contributed by atoms with Crippen molar-refractivity contribution in [2.75, 3.05) is 13.1 Å². The molecule has 0 bridgehead atoms. The third-order valence-electron chi connectivity index (χ3n) is 2.86. The molecule has 1 aliphatic heterocycles. The van der Waals surface area contributed by atoms with E-state index in [2.05, 4.69) is 31.7 Å². The molecule has 1 fully saturated rings. The van der Waals surface area contributed by atoms with E-state index in [9.17, 15) is 0 Å². The van der Waals surface area contributed by atoms with Gasteiger partial charge in [0.05, 0.1) is 0 Å². The van der Waals surface area contributed by atoms with Crippen molar-refractivity contribution in [3.63, 3.8) is 0 Å². The third kappa shape index (κ3) is 2.26. The second-order valence-electron chi connectivity index (χ2n) is 3.76. The summed E-state index contributed by atoms with van der Waals surface area (Å²) in [6.45, 7) is 9.31. The Labute approximate surface area is 76.5 Å². The molecule has 12 heavy (non-hydrogen) atoms. The van der Waals surface area contributed by atoms with Crippen LogP contribution in [0.15, 0.2) is 11.8 Å². The van der Waals surface area contributed by atoms with Crippen LogP contribution in [0, 0.1) is 5.92 Å². The van der Waals surface area contributed by atoms with E-state index in [1.165, 1.54) is 38.0 Å². The van der Waals surface area contributed by atoms with Gasteiger partial charge in [0.15, 0.2) is 0 Å². The van der Waals surface area contributed by atoms with Crippen molar-refractivity contribution < 1.29 is 0 Å². The highest BCUT2D eigenvalue weighted by Gasteiger charge is 2.20. The minimum absolute atomic E-state index is 0.949. The van der Waals surface area contributed by atoms with Gasteiger partial charge in [-0.25, -0.2) is 0 Å². The predicted octanol–water partition coefficient (Wildman–Crippen LogP) is 3.03. The van der Waals surface area contributed by atoms with Crippen LogP contribution in [-0.4, -0.2) is 18.0 Å². The Morgan fingerprint density at radius 3 is 2.75 bits per heavy atom. The van der Waals surface area contributed by atoms with Crippen LogP contribution in [0.4, 0.5) is 0 Å². The molecule has 1 unspecified atom stereocenters. The van der Waals surface area contributed by atoms with Gasteiger partial charge in [0, 0.05) is 18.8 Å². The number of hydrogen-bond acceptors (Lipinski definition) is 1. The minimum Gasteiger partial charge on any atom is -0.375 e. The van der Waals surface area contributed by atoms with Crippen LogP contribution in [0.25, 0.3) is 0 Å². The number of hydrogen-bond donors (Lipinski definition) is 0. The van der Waals surface area contributed by atoms with Crippen LogP contribution in [0.2, 0.25) is 0 Å². The zero-order valence-corrected chi connectivity index (χ0v) is 8.64. The Morgan fingerprint density at radius 2 is 2.25 bits per heavy atom. The predicted molar refractivity (Wildman–Crippen MR) is 54.0 cm³/mol. The standard InChI is InChI=1S/C11H21N/c1-4-6-10(3)12-8-7-11(5-2)9-12/h6,11H,4-5,7-9H2,1-3H3/b10-6+. The fourth-order valence-corrected chi connectivity index (χ4v) is 1.91. The summed E-state index contributed by atoms with van der Waals surface area (Å²) in [6, 6.07) is 0. The second kappa shape index (κ2) is 4.54. The van der Waals surface area contributed by atoms with E-state index in [1.807, 2.05) is 0 Å². The first-order valence-corrected chi connectivity index (χ1v) is 5.19. The number of likely N-dealkylation sites (tertiary alicyclic amines) is 1. The molecule has 1 nitrogen and oxygen atoms in total. The fraction of sp³-hybridized carbons (Fsp3) is 0.818. The average Bonchev–Trinajstić information content (AvgIpc) is 2.52. The number of rotatable bonds is 3. The summed E-state index contributed by atoms with van der Waals surface area (Å²) in [5.41, 5.74) is 1.48. The largest absolute Gasteiger partial charge is 0.375 e. The molecular formula is C11H21N. The summed E-state index contributed by atoms with van der Waals surface area (Å²) in [6.07, 6.45) is 6.23. The van der Waals surface area contributed by atoms with Crippen molar-refractivity contribution >= 4 is 0 Å². The Kier molecular flexibility index (Phi) is 3.64. The van der Waals surface area contributed by atoms with E-state index in [0.717, 1.165) is 5.92 Å². The van der Waals surface area contributed by atoms with Crippen LogP contribution < -0.4 is 0 Å². The van der Waals surface area contributed by atoms with Gasteiger partial charge in [-0.15, -0.1) is 0 Å². The first-order chi connectivity index (χ1) is 5.77. The van der Waals surface area contributed by atoms with Gasteiger partial charge in [0.1, 0.15) is 0 Å². The van der Waals surface area contributed by atoms with Crippen molar-refractivity contribution in [3.8, 4) is 0 Å². The Balaban J connectivity index is 2.41. The highest BCUT2D eigenvalue weighted by atomic mass is 15.2. The normalized spacial score (nSPS) is 25.1. The van der Waals surface area contributed by atoms with Crippen LogP contribution >= 0.6 is 0 Å². The second-order valence-corrected chi connectivity index (χ2v) is 3.76. The summed E-state index contributed by atoms with van der Waals surface area (Å²) < 4.78 is 0. The molecule has 1 heterocycles. The smallest absolute Gasteiger partial charge is 0.0203 e. The van der Waals surface area contributed by atoms with Gasteiger partial charge in [-0.3, -0.25) is 0 Å². The maximum absolute atomic E-state index is 2.53. The molecule has 1 heteroatoms. The Hall–Kier alpha value is -0.460. The molecule has 1 atom stereocenters. The van der Waals surface area contributed by atoms with E-state index in [4.69, 9.17) is 0 Å². The molecule has 0 saturated carbocycles. The average molecular weight is 167 g/mol. The maximum Gasteiger partial charge on any atom is 0.0203 e. The van der Waals surface area contributed by atoms with Crippen molar-refractivity contribution in [2.24, 2.45) is 5.92 Å². The monoisotopic (exact) mass is 167 g/mol. The lowest BCUT2D eigenvalue weighted by atomic mass is 10.1. The molecule has 0 amide bonds. The van der Waals surface area contributed by atoms with Crippen molar-refractivity contribution in [1.29, 1.82) is 0 Å². The Morgan fingerprint density at radius 1 is 1.50 bits per heavy atom. The highest BCUT2D eigenvalue weighted by molar-refractivity contribution is 4.99. The third-order valence-corrected chi connectivity index (χ3v) is 2.86. The number of allylic oxidation sites excluding steroid dienone is 2. The molecule has 0 radical (unpaired) electrons. The van der Waals surface area contributed by atoms with Gasteiger partial charge in [0.25, 0.3) is 0 Å². The van der Waals surface area contributed by atoms with Gasteiger partial charge < -0.3 is 4.90 Å². The molecule has 1 saturated heterocycles. The topological polar surface area (TPSA) is 3.24 Å². The molecular weight excluding hydrogens is 146 g/mol. The summed E-state index contributed by atoms with van der Waals surface area (Å²) in [5, 5.41) is 0. The summed E-state index contributed by atoms with van der Waals surface area (Å²) in [7, 11) is 0. The van der Waals surface area contributed by atoms with E-state index >= 15 is 0 Å². The van der Waals surface area contributed by atoms with Gasteiger partial charge in [0.2, 0.25) is 0 Å². The lowest BCUT2D eigenvalue weighted by Crippen LogP contribution is -2.18. The molecule has 0 aromatic heterocycles. The molecule has 1 aliphatic rings. The SMILES string of the molecule is CC/C=C(\C)N1CCC(CC)C1. The van der Waals surface area contributed by atoms with Crippen molar-refractivity contribution in [3.05, 3.63) is 11.8 Å².